The summed E-state index contributed by atoms with van der Waals surface area (Å²) in [5.41, 5.74) is 0.757. The molecule has 4 heteroatoms. The Bertz CT molecular complexity index is 333. The van der Waals surface area contributed by atoms with Crippen molar-refractivity contribution in [2.24, 2.45) is 5.92 Å². The van der Waals surface area contributed by atoms with E-state index in [9.17, 15) is 0 Å². The first-order chi connectivity index (χ1) is 8.62. The van der Waals surface area contributed by atoms with E-state index in [1.807, 2.05) is 0 Å². The predicted octanol–water partition coefficient (Wildman–Crippen LogP) is 2.62. The summed E-state index contributed by atoms with van der Waals surface area (Å²) in [6, 6.07) is 0.479. The fourth-order valence-electron chi connectivity index (χ4n) is 2.09. The zero-order valence-corrected chi connectivity index (χ0v) is 11.9. The lowest BCUT2D eigenvalue weighted by Crippen LogP contribution is -2.38. The average Bonchev–Trinajstić information content (AvgIpc) is 2.38. The van der Waals surface area contributed by atoms with Crippen molar-refractivity contribution in [2.45, 2.75) is 53.2 Å². The summed E-state index contributed by atoms with van der Waals surface area (Å²) in [5, 5.41) is 9.02. The molecule has 4 nitrogen and oxygen atoms in total. The second-order valence-electron chi connectivity index (χ2n) is 5.07. The first-order valence-corrected chi connectivity index (χ1v) is 6.80. The Kier molecular flexibility index (Phi) is 6.05. The van der Waals surface area contributed by atoms with Gasteiger partial charge in [-0.25, -0.2) is 9.97 Å². The van der Waals surface area contributed by atoms with Crippen LogP contribution in [0.25, 0.3) is 0 Å². The van der Waals surface area contributed by atoms with Gasteiger partial charge in [0.2, 0.25) is 5.95 Å². The van der Waals surface area contributed by atoms with Crippen LogP contribution >= 0.6 is 0 Å². The number of rotatable bonds is 7. The fraction of sp³-hybridized carbons (Fsp3) is 0.714. The molecule has 1 aromatic heterocycles. The smallest absolute Gasteiger partial charge is 0.225 e. The minimum atomic E-state index is -0.00452. The maximum Gasteiger partial charge on any atom is 0.225 e. The van der Waals surface area contributed by atoms with Crippen molar-refractivity contribution < 1.29 is 5.11 Å². The Morgan fingerprint density at radius 1 is 1.17 bits per heavy atom. The molecule has 0 saturated heterocycles. The van der Waals surface area contributed by atoms with E-state index in [0.29, 0.717) is 12.0 Å². The number of hydrogen-bond donors (Lipinski definition) is 1. The van der Waals surface area contributed by atoms with E-state index >= 15 is 0 Å². The Morgan fingerprint density at radius 3 is 2.11 bits per heavy atom. The number of aromatic nitrogens is 2. The first-order valence-electron chi connectivity index (χ1n) is 6.80. The third kappa shape index (κ3) is 3.95. The van der Waals surface area contributed by atoms with Crippen molar-refractivity contribution in [3.63, 3.8) is 0 Å². The predicted molar refractivity (Wildman–Crippen MR) is 74.5 cm³/mol. The van der Waals surface area contributed by atoms with Gasteiger partial charge < -0.3 is 10.0 Å². The largest absolute Gasteiger partial charge is 0.392 e. The highest BCUT2D eigenvalue weighted by Crippen LogP contribution is 2.17. The first kappa shape index (κ1) is 14.9. The van der Waals surface area contributed by atoms with Gasteiger partial charge in [0, 0.05) is 30.5 Å². The number of anilines is 1. The molecule has 0 aliphatic carbocycles. The summed E-state index contributed by atoms with van der Waals surface area (Å²) < 4.78 is 0. The monoisotopic (exact) mass is 251 g/mol. The highest BCUT2D eigenvalue weighted by molar-refractivity contribution is 5.31. The van der Waals surface area contributed by atoms with Crippen LogP contribution in [0.5, 0.6) is 0 Å². The second kappa shape index (κ2) is 7.31. The molecule has 0 spiro atoms. The maximum absolute atomic E-state index is 9.02. The second-order valence-corrected chi connectivity index (χ2v) is 5.07. The van der Waals surface area contributed by atoms with Crippen molar-refractivity contribution in [1.82, 2.24) is 9.97 Å². The van der Waals surface area contributed by atoms with Gasteiger partial charge in [0.25, 0.3) is 0 Å². The summed E-state index contributed by atoms with van der Waals surface area (Å²) >= 11 is 0. The molecule has 102 valence electrons. The quantitative estimate of drug-likeness (QED) is 0.809. The van der Waals surface area contributed by atoms with Gasteiger partial charge in [-0.3, -0.25) is 0 Å². The molecule has 1 rings (SSSR count). The van der Waals surface area contributed by atoms with Crippen LogP contribution in [0.2, 0.25) is 0 Å². The van der Waals surface area contributed by atoms with E-state index in [2.05, 4.69) is 42.6 Å². The molecule has 0 aliphatic heterocycles. The van der Waals surface area contributed by atoms with Gasteiger partial charge in [-0.05, 0) is 18.8 Å². The van der Waals surface area contributed by atoms with Gasteiger partial charge >= 0.3 is 0 Å². The minimum absolute atomic E-state index is 0.00452. The van der Waals surface area contributed by atoms with Crippen LogP contribution in [0.1, 0.15) is 46.1 Å². The third-order valence-electron chi connectivity index (χ3n) is 3.08. The number of hydrogen-bond acceptors (Lipinski definition) is 4. The standard InChI is InChI=1S/C14H25N3O/c1-5-13(6-2)17(9-11(3)4)14-15-7-12(10-18)8-16-14/h7-8,11,13,18H,5-6,9-10H2,1-4H3. The van der Waals surface area contributed by atoms with Gasteiger partial charge in [0.15, 0.2) is 0 Å². The number of nitrogens with zero attached hydrogens (tertiary/aromatic N) is 3. The summed E-state index contributed by atoms with van der Waals surface area (Å²) in [6.07, 6.45) is 5.60. The van der Waals surface area contributed by atoms with E-state index in [1.54, 1.807) is 12.4 Å². The molecule has 1 aromatic rings. The van der Waals surface area contributed by atoms with E-state index in [-0.39, 0.29) is 6.61 Å². The zero-order valence-electron chi connectivity index (χ0n) is 11.9. The molecule has 0 aromatic carbocycles. The van der Waals surface area contributed by atoms with Crippen LogP contribution in [0, 0.1) is 5.92 Å². The third-order valence-corrected chi connectivity index (χ3v) is 3.08. The lowest BCUT2D eigenvalue weighted by Gasteiger charge is -2.32. The summed E-state index contributed by atoms with van der Waals surface area (Å²) in [6.45, 7) is 9.77. The van der Waals surface area contributed by atoms with Crippen molar-refractivity contribution in [3.8, 4) is 0 Å². The molecule has 0 aliphatic rings. The van der Waals surface area contributed by atoms with Crippen molar-refractivity contribution in [1.29, 1.82) is 0 Å². The van der Waals surface area contributed by atoms with Crippen molar-refractivity contribution in [3.05, 3.63) is 18.0 Å². The topological polar surface area (TPSA) is 49.2 Å². The normalized spacial score (nSPS) is 11.3. The molecule has 0 atom stereocenters. The summed E-state index contributed by atoms with van der Waals surface area (Å²) in [4.78, 5) is 11.0. The van der Waals surface area contributed by atoms with Gasteiger partial charge in [-0.15, -0.1) is 0 Å². The number of aliphatic hydroxyl groups is 1. The summed E-state index contributed by atoms with van der Waals surface area (Å²) in [5.74, 6) is 1.35. The Labute approximate surface area is 110 Å². The molecule has 18 heavy (non-hydrogen) atoms. The molecule has 1 heterocycles. The average molecular weight is 251 g/mol. The molecular weight excluding hydrogens is 226 g/mol. The molecule has 0 unspecified atom stereocenters. The maximum atomic E-state index is 9.02. The summed E-state index contributed by atoms with van der Waals surface area (Å²) in [7, 11) is 0. The molecule has 0 saturated carbocycles. The zero-order chi connectivity index (χ0) is 13.5. The lowest BCUT2D eigenvalue weighted by atomic mass is 10.1. The highest BCUT2D eigenvalue weighted by Gasteiger charge is 2.19. The van der Waals surface area contributed by atoms with Crippen molar-refractivity contribution >= 4 is 5.95 Å². The van der Waals surface area contributed by atoms with Crippen LogP contribution < -0.4 is 4.90 Å². The SMILES string of the molecule is CCC(CC)N(CC(C)C)c1ncc(CO)cn1. The van der Waals surface area contributed by atoms with E-state index in [1.165, 1.54) is 0 Å². The minimum Gasteiger partial charge on any atom is -0.392 e. The Hall–Kier alpha value is -1.16. The number of aliphatic hydroxyl groups excluding tert-OH is 1. The van der Waals surface area contributed by atoms with Crippen molar-refractivity contribution in [2.75, 3.05) is 11.4 Å². The molecule has 0 fully saturated rings. The van der Waals surface area contributed by atoms with E-state index in [0.717, 1.165) is 30.9 Å². The van der Waals surface area contributed by atoms with Gasteiger partial charge in [-0.1, -0.05) is 27.7 Å². The van der Waals surface area contributed by atoms with Crippen LogP contribution in [0.4, 0.5) is 5.95 Å². The Balaban J connectivity index is 2.92. The van der Waals surface area contributed by atoms with Crippen LogP contribution in [-0.4, -0.2) is 27.7 Å². The fourth-order valence-corrected chi connectivity index (χ4v) is 2.09. The van der Waals surface area contributed by atoms with Crippen LogP contribution in [0.15, 0.2) is 12.4 Å². The van der Waals surface area contributed by atoms with Gasteiger partial charge in [0.05, 0.1) is 6.61 Å². The molecule has 0 bridgehead atoms. The molecule has 0 amide bonds. The molecule has 1 N–H and O–H groups in total. The van der Waals surface area contributed by atoms with E-state index in [4.69, 9.17) is 5.11 Å². The molecular formula is C14H25N3O. The lowest BCUT2D eigenvalue weighted by molar-refractivity contribution is 0.281. The van der Waals surface area contributed by atoms with Gasteiger partial charge in [0.1, 0.15) is 0 Å². The van der Waals surface area contributed by atoms with Crippen LogP contribution in [-0.2, 0) is 6.61 Å². The van der Waals surface area contributed by atoms with Crippen LogP contribution in [0.3, 0.4) is 0 Å². The Morgan fingerprint density at radius 2 is 1.72 bits per heavy atom. The van der Waals surface area contributed by atoms with E-state index < -0.39 is 0 Å². The molecule has 0 radical (unpaired) electrons. The highest BCUT2D eigenvalue weighted by atomic mass is 16.3. The van der Waals surface area contributed by atoms with Gasteiger partial charge in [-0.2, -0.15) is 0 Å².